The van der Waals surface area contributed by atoms with Gasteiger partial charge in [-0.1, -0.05) is 0 Å². The van der Waals surface area contributed by atoms with Gasteiger partial charge in [0.05, 0.1) is 6.61 Å². The monoisotopic (exact) mass is 287 g/mol. The van der Waals surface area contributed by atoms with Crippen molar-refractivity contribution in [1.29, 1.82) is 5.26 Å². The molecule has 21 heavy (non-hydrogen) atoms. The molecule has 0 bridgehead atoms. The number of hydrogen-bond donors (Lipinski definition) is 1. The minimum Gasteiger partial charge on any atom is -0.380 e. The quantitative estimate of drug-likeness (QED) is 0.856. The summed E-state index contributed by atoms with van der Waals surface area (Å²) in [4.78, 5) is 6.66. The van der Waals surface area contributed by atoms with Crippen LogP contribution in [-0.4, -0.2) is 42.8 Å². The van der Waals surface area contributed by atoms with Gasteiger partial charge < -0.3 is 9.64 Å². The van der Waals surface area contributed by atoms with Crippen LogP contribution in [0.1, 0.15) is 29.7 Å². The lowest BCUT2D eigenvalue weighted by atomic mass is 10.1. The van der Waals surface area contributed by atoms with E-state index in [2.05, 4.69) is 33.5 Å². The Bertz CT molecular complexity index is 566. The van der Waals surface area contributed by atoms with Gasteiger partial charge >= 0.3 is 0 Å². The lowest BCUT2D eigenvalue weighted by molar-refractivity contribution is 0.184. The van der Waals surface area contributed by atoms with Gasteiger partial charge in [-0.3, -0.25) is 5.43 Å². The molecule has 112 valence electrons. The lowest BCUT2D eigenvalue weighted by Gasteiger charge is -2.23. The highest BCUT2D eigenvalue weighted by Gasteiger charge is 2.13. The average Bonchev–Trinajstić information content (AvgIpc) is 2.47. The van der Waals surface area contributed by atoms with Crippen LogP contribution in [0, 0.1) is 18.3 Å². The number of rotatable bonds is 4. The number of hydrogen-bond acceptors (Lipinski definition) is 6. The molecule has 2 rings (SSSR count). The number of aryl methyl sites for hydroxylation is 1. The van der Waals surface area contributed by atoms with Crippen LogP contribution in [0.5, 0.6) is 0 Å². The summed E-state index contributed by atoms with van der Waals surface area (Å²) in [6, 6.07) is 4.06. The zero-order chi connectivity index (χ0) is 15.2. The first-order valence-corrected chi connectivity index (χ1v) is 7.03. The van der Waals surface area contributed by atoms with Crippen LogP contribution in [0.25, 0.3) is 0 Å². The molecular formula is C15H21N5O. The third kappa shape index (κ3) is 4.00. The van der Waals surface area contributed by atoms with Gasteiger partial charge in [0.1, 0.15) is 11.6 Å². The topological polar surface area (TPSA) is 73.5 Å². The van der Waals surface area contributed by atoms with Crippen LogP contribution in [0.2, 0.25) is 0 Å². The molecule has 0 aromatic carbocycles. The molecule has 0 amide bonds. The zero-order valence-corrected chi connectivity index (χ0v) is 12.8. The maximum atomic E-state index is 9.35. The van der Waals surface area contributed by atoms with Crippen molar-refractivity contribution >= 4 is 11.5 Å². The molecule has 0 saturated carbocycles. The Hall–Kier alpha value is -1.97. The highest BCUT2D eigenvalue weighted by Crippen LogP contribution is 2.19. The summed E-state index contributed by atoms with van der Waals surface area (Å²) in [6.07, 6.45) is 1.89. The molecule has 0 radical (unpaired) electrons. The number of nitrogens with zero attached hydrogens (tertiary/aromatic N) is 4. The van der Waals surface area contributed by atoms with E-state index in [1.807, 2.05) is 13.0 Å². The molecule has 1 fully saturated rings. The predicted molar refractivity (Wildman–Crippen MR) is 82.2 cm³/mol. The highest BCUT2D eigenvalue weighted by molar-refractivity contribution is 5.86. The number of piperidine rings is 1. The average molecular weight is 287 g/mol. The molecular weight excluding hydrogens is 266 g/mol. The fraction of sp³-hybridized carbons (Fsp3) is 0.533. The van der Waals surface area contributed by atoms with Crippen molar-refractivity contribution < 1.29 is 4.74 Å². The summed E-state index contributed by atoms with van der Waals surface area (Å²) in [7, 11) is 3.72. The normalized spacial score (nSPS) is 15.6. The Kier molecular flexibility index (Phi) is 5.26. The molecule has 1 aliphatic rings. The van der Waals surface area contributed by atoms with Gasteiger partial charge in [0, 0.05) is 50.0 Å². The Morgan fingerprint density at radius 3 is 2.81 bits per heavy atom. The Labute approximate surface area is 125 Å². The van der Waals surface area contributed by atoms with Gasteiger partial charge in [-0.05, 0) is 20.0 Å². The summed E-state index contributed by atoms with van der Waals surface area (Å²) in [5, 5.41) is 13.8. The second-order valence-electron chi connectivity index (χ2n) is 5.28. The second kappa shape index (κ2) is 7.16. The number of aromatic nitrogens is 1. The minimum absolute atomic E-state index is 0.391. The number of nitrogens with one attached hydrogen (secondary N) is 1. The number of pyridine rings is 1. The highest BCUT2D eigenvalue weighted by atomic mass is 16.5. The van der Waals surface area contributed by atoms with Crippen LogP contribution in [0.15, 0.2) is 11.2 Å². The number of anilines is 1. The van der Waals surface area contributed by atoms with Crippen LogP contribution in [0.3, 0.4) is 0 Å². The van der Waals surface area contributed by atoms with Crippen LogP contribution < -0.4 is 5.43 Å². The van der Waals surface area contributed by atoms with Crippen molar-refractivity contribution in [3.63, 3.8) is 0 Å². The van der Waals surface area contributed by atoms with E-state index in [1.165, 1.54) is 0 Å². The predicted octanol–water partition coefficient (Wildman–Crippen LogP) is 1.90. The van der Waals surface area contributed by atoms with Gasteiger partial charge in [0.2, 0.25) is 0 Å². The number of hydrazone groups is 1. The van der Waals surface area contributed by atoms with E-state index in [1.54, 1.807) is 7.11 Å². The smallest absolute Gasteiger partial charge is 0.164 e. The molecule has 0 unspecified atom stereocenters. The third-order valence-corrected chi connectivity index (χ3v) is 3.52. The molecule has 1 N–H and O–H groups in total. The maximum absolute atomic E-state index is 9.35. The van der Waals surface area contributed by atoms with Crippen LogP contribution in [-0.2, 0) is 11.3 Å². The Morgan fingerprint density at radius 2 is 2.19 bits per heavy atom. The third-order valence-electron chi connectivity index (χ3n) is 3.52. The SMILES string of the molecule is COCc1cc(C)nc(NN=C2CCN(C)CC2)c1C#N. The molecule has 0 aliphatic carbocycles. The summed E-state index contributed by atoms with van der Waals surface area (Å²) < 4.78 is 5.14. The summed E-state index contributed by atoms with van der Waals surface area (Å²) in [5.41, 5.74) is 6.26. The van der Waals surface area contributed by atoms with E-state index in [0.29, 0.717) is 18.0 Å². The molecule has 1 aliphatic heterocycles. The molecule has 0 spiro atoms. The van der Waals surface area contributed by atoms with E-state index in [4.69, 9.17) is 4.74 Å². The molecule has 6 nitrogen and oxygen atoms in total. The van der Waals surface area contributed by atoms with Crippen molar-refractivity contribution in [3.05, 3.63) is 22.9 Å². The molecule has 0 atom stereocenters. The fourth-order valence-electron chi connectivity index (χ4n) is 2.34. The lowest BCUT2D eigenvalue weighted by Crippen LogP contribution is -2.30. The maximum Gasteiger partial charge on any atom is 0.164 e. The van der Waals surface area contributed by atoms with Gasteiger partial charge in [-0.25, -0.2) is 4.98 Å². The fourth-order valence-corrected chi connectivity index (χ4v) is 2.34. The number of methoxy groups -OCH3 is 1. The standard InChI is InChI=1S/C15H21N5O/c1-11-8-12(10-21-3)14(9-16)15(17-11)19-18-13-4-6-20(2)7-5-13/h8H,4-7,10H2,1-3H3,(H,17,19). The first-order valence-electron chi connectivity index (χ1n) is 7.03. The minimum atomic E-state index is 0.391. The molecule has 2 heterocycles. The summed E-state index contributed by atoms with van der Waals surface area (Å²) in [6.45, 7) is 4.32. The second-order valence-corrected chi connectivity index (χ2v) is 5.28. The van der Waals surface area contributed by atoms with Crippen molar-refractivity contribution in [2.24, 2.45) is 5.10 Å². The summed E-state index contributed by atoms with van der Waals surface area (Å²) in [5.74, 6) is 0.510. The van der Waals surface area contributed by atoms with Gasteiger partial charge in [0.25, 0.3) is 0 Å². The van der Waals surface area contributed by atoms with Crippen molar-refractivity contribution in [2.75, 3.05) is 32.7 Å². The zero-order valence-electron chi connectivity index (χ0n) is 12.8. The molecule has 6 heteroatoms. The molecule has 1 aromatic heterocycles. The van der Waals surface area contributed by atoms with Crippen molar-refractivity contribution in [2.45, 2.75) is 26.4 Å². The van der Waals surface area contributed by atoms with Gasteiger partial charge in [-0.15, -0.1) is 0 Å². The largest absolute Gasteiger partial charge is 0.380 e. The van der Waals surface area contributed by atoms with Crippen LogP contribution in [0.4, 0.5) is 5.82 Å². The van der Waals surface area contributed by atoms with E-state index >= 15 is 0 Å². The van der Waals surface area contributed by atoms with Crippen molar-refractivity contribution in [1.82, 2.24) is 9.88 Å². The molecule has 1 saturated heterocycles. The molecule has 1 aromatic rings. The first kappa shape index (κ1) is 15.4. The number of nitriles is 1. The Morgan fingerprint density at radius 1 is 1.48 bits per heavy atom. The number of ether oxygens (including phenoxy) is 1. The van der Waals surface area contributed by atoms with E-state index in [-0.39, 0.29) is 0 Å². The van der Waals surface area contributed by atoms with Gasteiger partial charge in [0.15, 0.2) is 5.82 Å². The first-order chi connectivity index (χ1) is 10.1. The Balaban J connectivity index is 2.19. The number of likely N-dealkylation sites (tertiary alicyclic amines) is 1. The van der Waals surface area contributed by atoms with E-state index in [0.717, 1.165) is 42.9 Å². The van der Waals surface area contributed by atoms with E-state index < -0.39 is 0 Å². The van der Waals surface area contributed by atoms with Gasteiger partial charge in [-0.2, -0.15) is 10.4 Å². The van der Waals surface area contributed by atoms with Crippen molar-refractivity contribution in [3.8, 4) is 6.07 Å². The summed E-state index contributed by atoms with van der Waals surface area (Å²) >= 11 is 0. The van der Waals surface area contributed by atoms with E-state index in [9.17, 15) is 5.26 Å². The van der Waals surface area contributed by atoms with Crippen LogP contribution >= 0.6 is 0 Å².